The molecule has 3 nitrogen and oxygen atoms in total. The van der Waals surface area contributed by atoms with E-state index in [0.29, 0.717) is 6.04 Å². The van der Waals surface area contributed by atoms with Crippen LogP contribution in [-0.4, -0.2) is 42.1 Å². The summed E-state index contributed by atoms with van der Waals surface area (Å²) < 4.78 is 0. The van der Waals surface area contributed by atoms with Crippen molar-refractivity contribution in [3.8, 4) is 0 Å². The minimum absolute atomic E-state index is 0.369. The first-order valence-electron chi connectivity index (χ1n) is 9.79. The molecule has 1 aliphatic heterocycles. The molecular weight excluding hydrogens is 370 g/mol. The summed E-state index contributed by atoms with van der Waals surface area (Å²) in [4.78, 5) is 8.42. The molecule has 0 unspecified atom stereocenters. The van der Waals surface area contributed by atoms with Crippen LogP contribution < -0.4 is 10.2 Å². The number of para-hydroxylation sites is 1. The number of thiocarbonyl (C=S) groups is 1. The molecule has 1 heterocycles. The lowest BCUT2D eigenvalue weighted by molar-refractivity contribution is 0.288. The standard InChI is InChI=1S/C22H29N3S2/c1-5-23-22(26)17-12-13-21-19(14-17)25(16(4)15-24(6-2)7-3)18-10-8-9-11-20(18)27-21/h8-14,16H,5-7,15H2,1-4H3,(H,23,26)/t16-/m1/s1. The first-order chi connectivity index (χ1) is 13.1. The molecule has 0 saturated heterocycles. The number of anilines is 2. The van der Waals surface area contributed by atoms with Crippen molar-refractivity contribution < 1.29 is 0 Å². The van der Waals surface area contributed by atoms with Crippen molar-refractivity contribution >= 4 is 40.3 Å². The molecule has 2 aromatic rings. The molecule has 1 N–H and O–H groups in total. The minimum atomic E-state index is 0.369. The molecule has 0 aromatic heterocycles. The summed E-state index contributed by atoms with van der Waals surface area (Å²) in [7, 11) is 0. The summed E-state index contributed by atoms with van der Waals surface area (Å²) in [6.45, 7) is 12.9. The maximum absolute atomic E-state index is 5.57. The molecule has 1 aliphatic rings. The molecule has 0 bridgehead atoms. The van der Waals surface area contributed by atoms with Gasteiger partial charge < -0.3 is 15.1 Å². The third kappa shape index (κ3) is 4.31. The predicted molar refractivity (Wildman–Crippen MR) is 122 cm³/mol. The van der Waals surface area contributed by atoms with Gasteiger partial charge in [-0.15, -0.1) is 0 Å². The average Bonchev–Trinajstić information content (AvgIpc) is 2.69. The highest BCUT2D eigenvalue weighted by Gasteiger charge is 2.28. The third-order valence-corrected chi connectivity index (χ3v) is 6.53. The predicted octanol–water partition coefficient (Wildman–Crippen LogP) is 5.30. The van der Waals surface area contributed by atoms with E-state index in [0.717, 1.165) is 36.7 Å². The van der Waals surface area contributed by atoms with E-state index in [2.05, 4.69) is 85.3 Å². The van der Waals surface area contributed by atoms with E-state index >= 15 is 0 Å². The third-order valence-electron chi connectivity index (χ3n) is 5.02. The Labute approximate surface area is 173 Å². The zero-order valence-electron chi connectivity index (χ0n) is 16.7. The van der Waals surface area contributed by atoms with Gasteiger partial charge >= 0.3 is 0 Å². The molecule has 27 heavy (non-hydrogen) atoms. The fraction of sp³-hybridized carbons (Fsp3) is 0.409. The molecule has 0 fully saturated rings. The van der Waals surface area contributed by atoms with E-state index in [9.17, 15) is 0 Å². The Morgan fingerprint density at radius 3 is 2.48 bits per heavy atom. The zero-order chi connectivity index (χ0) is 19.4. The Bertz CT molecular complexity index is 802. The average molecular weight is 400 g/mol. The smallest absolute Gasteiger partial charge is 0.106 e. The fourth-order valence-corrected chi connectivity index (χ4v) is 4.92. The highest BCUT2D eigenvalue weighted by atomic mass is 32.2. The highest BCUT2D eigenvalue weighted by Crippen LogP contribution is 2.49. The van der Waals surface area contributed by atoms with Crippen molar-refractivity contribution in [1.29, 1.82) is 0 Å². The van der Waals surface area contributed by atoms with Crippen LogP contribution in [0.2, 0.25) is 0 Å². The molecular formula is C22H29N3S2. The Balaban J connectivity index is 2.03. The molecule has 5 heteroatoms. The summed E-state index contributed by atoms with van der Waals surface area (Å²) in [5.74, 6) is 0. The Hall–Kier alpha value is -1.56. The number of hydrogen-bond acceptors (Lipinski definition) is 4. The summed E-state index contributed by atoms with van der Waals surface area (Å²) in [6.07, 6.45) is 0. The minimum Gasteiger partial charge on any atom is -0.376 e. The lowest BCUT2D eigenvalue weighted by Gasteiger charge is -2.39. The van der Waals surface area contributed by atoms with Crippen LogP contribution in [0.4, 0.5) is 11.4 Å². The van der Waals surface area contributed by atoms with Gasteiger partial charge in [0.2, 0.25) is 0 Å². The first-order valence-corrected chi connectivity index (χ1v) is 11.0. The molecule has 0 saturated carbocycles. The van der Waals surface area contributed by atoms with Gasteiger partial charge in [0.05, 0.1) is 11.4 Å². The van der Waals surface area contributed by atoms with Crippen LogP contribution in [0.15, 0.2) is 52.3 Å². The molecule has 0 aliphatic carbocycles. The SMILES string of the molecule is CCNC(=S)c1ccc2c(c1)N([C@H](C)CN(CC)CC)c1ccccc1S2. The number of likely N-dealkylation sites (N-methyl/N-ethyl adjacent to an activating group) is 1. The van der Waals surface area contributed by atoms with Crippen molar-refractivity contribution in [2.45, 2.75) is 43.5 Å². The molecule has 2 aromatic carbocycles. The van der Waals surface area contributed by atoms with E-state index < -0.39 is 0 Å². The van der Waals surface area contributed by atoms with Gasteiger partial charge in [-0.2, -0.15) is 0 Å². The second-order valence-electron chi connectivity index (χ2n) is 6.82. The number of hydrogen-bond donors (Lipinski definition) is 1. The van der Waals surface area contributed by atoms with Crippen LogP contribution >= 0.6 is 24.0 Å². The largest absolute Gasteiger partial charge is 0.376 e. The number of nitrogens with one attached hydrogen (secondary N) is 1. The second kappa shape index (κ2) is 9.09. The van der Waals surface area contributed by atoms with Crippen LogP contribution in [0.25, 0.3) is 0 Å². The van der Waals surface area contributed by atoms with E-state index in [1.54, 1.807) is 0 Å². The van der Waals surface area contributed by atoms with Crippen LogP contribution in [0, 0.1) is 0 Å². The molecule has 0 radical (unpaired) electrons. The lowest BCUT2D eigenvalue weighted by atomic mass is 10.1. The Morgan fingerprint density at radius 2 is 1.78 bits per heavy atom. The van der Waals surface area contributed by atoms with Crippen molar-refractivity contribution in [2.24, 2.45) is 0 Å². The normalized spacial score (nSPS) is 13.9. The highest BCUT2D eigenvalue weighted by molar-refractivity contribution is 7.99. The summed E-state index contributed by atoms with van der Waals surface area (Å²) in [6, 6.07) is 15.7. The van der Waals surface area contributed by atoms with Crippen LogP contribution in [0.5, 0.6) is 0 Å². The van der Waals surface area contributed by atoms with Crippen LogP contribution in [-0.2, 0) is 0 Å². The van der Waals surface area contributed by atoms with E-state index in [-0.39, 0.29) is 0 Å². The van der Waals surface area contributed by atoms with Crippen LogP contribution in [0.3, 0.4) is 0 Å². The van der Waals surface area contributed by atoms with Crippen LogP contribution in [0.1, 0.15) is 33.3 Å². The van der Waals surface area contributed by atoms with E-state index in [4.69, 9.17) is 12.2 Å². The van der Waals surface area contributed by atoms with Gasteiger partial charge in [-0.1, -0.05) is 56.0 Å². The zero-order valence-corrected chi connectivity index (χ0v) is 18.3. The van der Waals surface area contributed by atoms with E-state index in [1.165, 1.54) is 21.2 Å². The maximum Gasteiger partial charge on any atom is 0.106 e. The Morgan fingerprint density at radius 1 is 1.07 bits per heavy atom. The van der Waals surface area contributed by atoms with Gasteiger partial charge in [0.1, 0.15) is 4.99 Å². The van der Waals surface area contributed by atoms with Gasteiger partial charge in [-0.3, -0.25) is 0 Å². The van der Waals surface area contributed by atoms with Gasteiger partial charge in [-0.05, 0) is 51.2 Å². The summed E-state index contributed by atoms with van der Waals surface area (Å²) >= 11 is 7.42. The van der Waals surface area contributed by atoms with Crippen molar-refractivity contribution in [1.82, 2.24) is 10.2 Å². The topological polar surface area (TPSA) is 18.5 Å². The number of rotatable bonds is 7. The molecule has 3 rings (SSSR count). The van der Waals surface area contributed by atoms with Gasteiger partial charge in [-0.25, -0.2) is 0 Å². The van der Waals surface area contributed by atoms with Gasteiger partial charge in [0.25, 0.3) is 0 Å². The first kappa shape index (κ1) is 20.2. The quantitative estimate of drug-likeness (QED) is 0.635. The van der Waals surface area contributed by atoms with Crippen molar-refractivity contribution in [3.05, 3.63) is 48.0 Å². The number of nitrogens with zero attached hydrogens (tertiary/aromatic N) is 2. The lowest BCUT2D eigenvalue weighted by Crippen LogP contribution is -2.41. The molecule has 0 spiro atoms. The molecule has 1 atom stereocenters. The summed E-state index contributed by atoms with van der Waals surface area (Å²) in [5, 5.41) is 3.28. The number of fused-ring (bicyclic) bond motifs is 2. The van der Waals surface area contributed by atoms with E-state index in [1.807, 2.05) is 11.8 Å². The Kier molecular flexibility index (Phi) is 6.79. The fourth-order valence-electron chi connectivity index (χ4n) is 3.60. The van der Waals surface area contributed by atoms with Gasteiger partial charge in [0, 0.05) is 34.5 Å². The van der Waals surface area contributed by atoms with Crippen molar-refractivity contribution in [3.63, 3.8) is 0 Å². The second-order valence-corrected chi connectivity index (χ2v) is 8.31. The monoisotopic (exact) mass is 399 g/mol. The number of benzene rings is 2. The molecule has 0 amide bonds. The van der Waals surface area contributed by atoms with Gasteiger partial charge in [0.15, 0.2) is 0 Å². The maximum atomic E-state index is 5.57. The summed E-state index contributed by atoms with van der Waals surface area (Å²) in [5.41, 5.74) is 3.64. The van der Waals surface area contributed by atoms with Crippen molar-refractivity contribution in [2.75, 3.05) is 31.1 Å². The molecule has 144 valence electrons.